The van der Waals surface area contributed by atoms with Crippen molar-refractivity contribution in [3.8, 4) is 0 Å². The molecule has 0 N–H and O–H groups in total. The summed E-state index contributed by atoms with van der Waals surface area (Å²) in [4.78, 5) is 15.0. The van der Waals surface area contributed by atoms with E-state index in [-0.39, 0.29) is 23.9 Å². The number of nitrogens with zero attached hydrogens (tertiary/aromatic N) is 2. The van der Waals surface area contributed by atoms with E-state index >= 15 is 0 Å². The van der Waals surface area contributed by atoms with E-state index in [0.29, 0.717) is 24.7 Å². The molecule has 1 saturated carbocycles. The number of halogens is 7. The number of hydrogen-bond acceptors (Lipinski definition) is 3. The summed E-state index contributed by atoms with van der Waals surface area (Å²) in [5.41, 5.74) is 2.24. The number of alkyl halides is 6. The zero-order valence-electron chi connectivity index (χ0n) is 20.0. The fraction of sp³-hybridized carbons (Fsp3) is 0.708. The number of carbonyl (C=O) groups excluding carboxylic acids is 1. The number of piperazine rings is 1. The smallest absolute Gasteiger partial charge is 0.426 e. The summed E-state index contributed by atoms with van der Waals surface area (Å²) in [6.07, 6.45) is -12.9. The van der Waals surface area contributed by atoms with Crippen molar-refractivity contribution >= 4 is 17.7 Å². The largest absolute Gasteiger partial charge is 0.434 e. The Bertz CT molecular complexity index is 885. The highest BCUT2D eigenvalue weighted by Crippen LogP contribution is 2.54. The Labute approximate surface area is 206 Å². The fourth-order valence-electron chi connectivity index (χ4n) is 5.36. The zero-order chi connectivity index (χ0) is 26.2. The van der Waals surface area contributed by atoms with Gasteiger partial charge in [0.1, 0.15) is 0 Å². The Morgan fingerprint density at radius 2 is 1.54 bits per heavy atom. The first-order valence-corrected chi connectivity index (χ1v) is 12.0. The van der Waals surface area contributed by atoms with Crippen LogP contribution in [-0.4, -0.2) is 60.5 Å². The Morgan fingerprint density at radius 3 is 2.03 bits per heavy atom. The monoisotopic (exact) mass is 528 g/mol. The third kappa shape index (κ3) is 6.18. The summed E-state index contributed by atoms with van der Waals surface area (Å²) in [5, 5.41) is 0.649. The first kappa shape index (κ1) is 27.9. The van der Waals surface area contributed by atoms with Gasteiger partial charge in [-0.2, -0.15) is 26.3 Å². The van der Waals surface area contributed by atoms with Crippen LogP contribution in [0.4, 0.5) is 31.1 Å². The molecular formula is C24H31ClF6N2O2. The summed E-state index contributed by atoms with van der Waals surface area (Å²) < 4.78 is 80.2. The molecular weight excluding hydrogens is 498 g/mol. The van der Waals surface area contributed by atoms with E-state index in [1.165, 1.54) is 5.56 Å². The maximum Gasteiger partial charge on any atom is 0.434 e. The predicted octanol–water partition coefficient (Wildman–Crippen LogP) is 6.95. The highest BCUT2D eigenvalue weighted by Gasteiger charge is 2.60. The topological polar surface area (TPSA) is 32.8 Å². The maximum atomic E-state index is 12.7. The minimum atomic E-state index is -5.73. The number of carbonyl (C=O) groups is 1. The average Bonchev–Trinajstić information content (AvgIpc) is 3.23. The van der Waals surface area contributed by atoms with Crippen molar-refractivity contribution in [3.05, 3.63) is 34.3 Å². The Kier molecular flexibility index (Phi) is 7.97. The van der Waals surface area contributed by atoms with Crippen LogP contribution in [0.15, 0.2) is 18.2 Å². The SMILES string of the molecule is CC(C)(C)C1(c2cc(Cl)ccc2CN2CCN(C(=O)OC(C(F)(F)F)C(F)(F)F)CC2)CCCC1. The maximum absolute atomic E-state index is 12.7. The van der Waals surface area contributed by atoms with Crippen LogP contribution in [0.5, 0.6) is 0 Å². The molecule has 198 valence electrons. The summed E-state index contributed by atoms with van der Waals surface area (Å²) in [6, 6.07) is 5.84. The third-order valence-corrected chi connectivity index (χ3v) is 7.55. The van der Waals surface area contributed by atoms with Gasteiger partial charge in [-0.3, -0.25) is 4.90 Å². The van der Waals surface area contributed by atoms with E-state index in [9.17, 15) is 31.1 Å². The van der Waals surface area contributed by atoms with E-state index in [1.807, 2.05) is 23.1 Å². The second kappa shape index (κ2) is 10.00. The van der Waals surface area contributed by atoms with Crippen LogP contribution in [0.2, 0.25) is 5.02 Å². The Hall–Kier alpha value is -1.68. The van der Waals surface area contributed by atoms with Gasteiger partial charge < -0.3 is 9.64 Å². The van der Waals surface area contributed by atoms with Crippen LogP contribution < -0.4 is 0 Å². The lowest BCUT2D eigenvalue weighted by Crippen LogP contribution is -2.52. The van der Waals surface area contributed by atoms with Crippen molar-refractivity contribution in [2.24, 2.45) is 5.41 Å². The summed E-state index contributed by atoms with van der Waals surface area (Å²) in [7, 11) is 0. The van der Waals surface area contributed by atoms with Crippen LogP contribution >= 0.6 is 11.6 Å². The molecule has 1 aromatic carbocycles. The Morgan fingerprint density at radius 1 is 1.00 bits per heavy atom. The molecule has 0 unspecified atom stereocenters. The lowest BCUT2D eigenvalue weighted by molar-refractivity contribution is -0.308. The second-order valence-corrected chi connectivity index (χ2v) is 10.9. The van der Waals surface area contributed by atoms with Gasteiger partial charge in [0.15, 0.2) is 0 Å². The molecule has 0 radical (unpaired) electrons. The molecule has 1 amide bonds. The number of benzene rings is 1. The number of rotatable bonds is 4. The second-order valence-electron chi connectivity index (χ2n) is 10.5. The molecule has 1 saturated heterocycles. The van der Waals surface area contributed by atoms with Gasteiger partial charge in [-0.05, 0) is 41.5 Å². The molecule has 0 atom stereocenters. The molecule has 35 heavy (non-hydrogen) atoms. The molecule has 11 heteroatoms. The third-order valence-electron chi connectivity index (χ3n) is 7.32. The highest BCUT2D eigenvalue weighted by atomic mass is 35.5. The molecule has 0 aromatic heterocycles. The van der Waals surface area contributed by atoms with Crippen LogP contribution in [0.25, 0.3) is 0 Å². The molecule has 4 nitrogen and oxygen atoms in total. The molecule has 0 bridgehead atoms. The molecule has 1 heterocycles. The molecule has 2 aliphatic rings. The molecule has 3 rings (SSSR count). The van der Waals surface area contributed by atoms with Crippen LogP contribution in [0.3, 0.4) is 0 Å². The standard InChI is InChI=1S/C24H31ClF6N2O2/c1-21(2,3)22(8-4-5-9-22)18-14-17(25)7-6-16(18)15-32-10-12-33(13-11-32)20(34)35-19(23(26,27)28)24(29,30)31/h6-7,14,19H,4-5,8-13,15H2,1-3H3. The van der Waals surface area contributed by atoms with Crippen molar-refractivity contribution < 1.29 is 35.9 Å². The van der Waals surface area contributed by atoms with Crippen molar-refractivity contribution in [1.82, 2.24) is 9.80 Å². The van der Waals surface area contributed by atoms with Gasteiger partial charge in [-0.25, -0.2) is 4.79 Å². The van der Waals surface area contributed by atoms with E-state index in [2.05, 4.69) is 25.5 Å². The van der Waals surface area contributed by atoms with E-state index in [0.717, 1.165) is 36.1 Å². The average molecular weight is 529 g/mol. The van der Waals surface area contributed by atoms with Gasteiger partial charge in [-0.1, -0.05) is 51.3 Å². The van der Waals surface area contributed by atoms with E-state index in [1.54, 1.807) is 0 Å². The first-order valence-electron chi connectivity index (χ1n) is 11.6. The minimum Gasteiger partial charge on any atom is -0.426 e. The van der Waals surface area contributed by atoms with Gasteiger partial charge in [0.2, 0.25) is 0 Å². The van der Waals surface area contributed by atoms with Gasteiger partial charge in [0, 0.05) is 43.2 Å². The van der Waals surface area contributed by atoms with Gasteiger partial charge in [0.05, 0.1) is 0 Å². The predicted molar refractivity (Wildman–Crippen MR) is 120 cm³/mol. The van der Waals surface area contributed by atoms with Crippen LogP contribution in [-0.2, 0) is 16.7 Å². The lowest BCUT2D eigenvalue weighted by atomic mass is 9.60. The van der Waals surface area contributed by atoms with E-state index in [4.69, 9.17) is 11.6 Å². The molecule has 0 spiro atoms. The first-order chi connectivity index (χ1) is 16.0. The van der Waals surface area contributed by atoms with E-state index < -0.39 is 24.5 Å². The summed E-state index contributed by atoms with van der Waals surface area (Å²) in [5.74, 6) is 0. The van der Waals surface area contributed by atoms with Gasteiger partial charge in [-0.15, -0.1) is 0 Å². The van der Waals surface area contributed by atoms with Crippen LogP contribution in [0, 0.1) is 5.41 Å². The van der Waals surface area contributed by atoms with Crippen molar-refractivity contribution in [2.45, 2.75) is 76.9 Å². The summed E-state index contributed by atoms with van der Waals surface area (Å²) in [6.45, 7) is 7.74. The van der Waals surface area contributed by atoms with Gasteiger partial charge in [0.25, 0.3) is 6.10 Å². The Balaban J connectivity index is 1.70. The normalized spacial score (nSPS) is 19.9. The van der Waals surface area contributed by atoms with Gasteiger partial charge >= 0.3 is 18.4 Å². The lowest BCUT2D eigenvalue weighted by Gasteiger charge is -2.44. The zero-order valence-corrected chi connectivity index (χ0v) is 20.8. The summed E-state index contributed by atoms with van der Waals surface area (Å²) >= 11 is 6.38. The van der Waals surface area contributed by atoms with Crippen molar-refractivity contribution in [3.63, 3.8) is 0 Å². The minimum absolute atomic E-state index is 0.00110. The fourth-order valence-corrected chi connectivity index (χ4v) is 5.53. The molecule has 2 fully saturated rings. The van der Waals surface area contributed by atoms with Crippen molar-refractivity contribution in [2.75, 3.05) is 26.2 Å². The molecule has 1 aliphatic carbocycles. The molecule has 1 aromatic rings. The number of ether oxygens (including phenoxy) is 1. The van der Waals surface area contributed by atoms with Crippen LogP contribution in [0.1, 0.15) is 57.6 Å². The highest BCUT2D eigenvalue weighted by molar-refractivity contribution is 6.30. The number of hydrogen-bond donors (Lipinski definition) is 0. The van der Waals surface area contributed by atoms with Crippen molar-refractivity contribution in [1.29, 1.82) is 0 Å². The quantitative estimate of drug-likeness (QED) is 0.397. The molecule has 1 aliphatic heterocycles. The number of amides is 1.